The number of carbonyl (C=O) groups is 2. The van der Waals surface area contributed by atoms with Crippen molar-refractivity contribution in [1.29, 1.82) is 0 Å². The van der Waals surface area contributed by atoms with Crippen LogP contribution in [0.25, 0.3) is 0 Å². The minimum absolute atomic E-state index is 0.0339. The second kappa shape index (κ2) is 5.95. The molecule has 5 heteroatoms. The lowest BCUT2D eigenvalue weighted by molar-refractivity contribution is -0.147. The molecule has 2 bridgehead atoms. The summed E-state index contributed by atoms with van der Waals surface area (Å²) < 4.78 is 0. The van der Waals surface area contributed by atoms with Crippen molar-refractivity contribution >= 4 is 11.9 Å². The van der Waals surface area contributed by atoms with Crippen molar-refractivity contribution < 1.29 is 14.7 Å². The van der Waals surface area contributed by atoms with E-state index in [-0.39, 0.29) is 17.7 Å². The van der Waals surface area contributed by atoms with Crippen molar-refractivity contribution in [3.8, 4) is 0 Å². The van der Waals surface area contributed by atoms with Gasteiger partial charge in [-0.3, -0.25) is 9.59 Å². The quantitative estimate of drug-likeness (QED) is 0.711. The lowest BCUT2D eigenvalue weighted by Gasteiger charge is -2.25. The molecule has 20 heavy (non-hydrogen) atoms. The Morgan fingerprint density at radius 2 is 1.90 bits per heavy atom. The average molecular weight is 280 g/mol. The summed E-state index contributed by atoms with van der Waals surface area (Å²) in [5.41, 5.74) is 0. The lowest BCUT2D eigenvalue weighted by atomic mass is 9.82. The maximum absolute atomic E-state index is 12.3. The highest BCUT2D eigenvalue weighted by Crippen LogP contribution is 2.48. The number of amides is 1. The zero-order valence-electron chi connectivity index (χ0n) is 12.4. The van der Waals surface area contributed by atoms with Crippen molar-refractivity contribution in [2.24, 2.45) is 23.7 Å². The van der Waals surface area contributed by atoms with Gasteiger partial charge in [0.15, 0.2) is 0 Å². The Labute approximate surface area is 120 Å². The van der Waals surface area contributed by atoms with Crippen LogP contribution in [0.15, 0.2) is 12.2 Å². The maximum Gasteiger partial charge on any atom is 0.307 e. The van der Waals surface area contributed by atoms with E-state index in [9.17, 15) is 14.7 Å². The van der Waals surface area contributed by atoms with Crippen molar-refractivity contribution in [3.05, 3.63) is 12.2 Å². The van der Waals surface area contributed by atoms with Gasteiger partial charge < -0.3 is 15.3 Å². The summed E-state index contributed by atoms with van der Waals surface area (Å²) in [6, 6.07) is 0.434. The summed E-state index contributed by atoms with van der Waals surface area (Å²) in [4.78, 5) is 25.8. The number of hydrogen-bond donors (Lipinski definition) is 2. The molecule has 0 aromatic carbocycles. The zero-order valence-corrected chi connectivity index (χ0v) is 12.4. The highest BCUT2D eigenvalue weighted by atomic mass is 16.4. The molecule has 0 aromatic rings. The van der Waals surface area contributed by atoms with Gasteiger partial charge in [-0.25, -0.2) is 0 Å². The number of hydrogen-bond acceptors (Lipinski definition) is 3. The molecule has 2 N–H and O–H groups in total. The maximum atomic E-state index is 12.3. The van der Waals surface area contributed by atoms with E-state index in [2.05, 4.69) is 24.1 Å². The Balaban J connectivity index is 1.89. The van der Waals surface area contributed by atoms with E-state index in [4.69, 9.17) is 0 Å². The van der Waals surface area contributed by atoms with Gasteiger partial charge in [0.1, 0.15) is 0 Å². The molecule has 1 fully saturated rings. The molecule has 1 amide bonds. The van der Waals surface area contributed by atoms with Crippen LogP contribution in [0.4, 0.5) is 0 Å². The van der Waals surface area contributed by atoms with Gasteiger partial charge >= 0.3 is 5.97 Å². The number of aliphatic carboxylic acids is 1. The first kappa shape index (κ1) is 15.0. The van der Waals surface area contributed by atoms with E-state index in [0.29, 0.717) is 12.6 Å². The molecule has 2 rings (SSSR count). The zero-order chi connectivity index (χ0) is 14.9. The van der Waals surface area contributed by atoms with Crippen LogP contribution < -0.4 is 5.32 Å². The number of nitrogens with one attached hydrogen (secondary N) is 1. The van der Waals surface area contributed by atoms with Crippen LogP contribution in [0.5, 0.6) is 0 Å². The molecule has 5 nitrogen and oxygen atoms in total. The van der Waals surface area contributed by atoms with E-state index >= 15 is 0 Å². The molecule has 2 aliphatic carbocycles. The first-order valence-electron chi connectivity index (χ1n) is 7.31. The van der Waals surface area contributed by atoms with Crippen LogP contribution in [0.3, 0.4) is 0 Å². The summed E-state index contributed by atoms with van der Waals surface area (Å²) in [6.07, 6.45) is 4.77. The van der Waals surface area contributed by atoms with Gasteiger partial charge in [-0.15, -0.1) is 0 Å². The van der Waals surface area contributed by atoms with Crippen LogP contribution in [0.1, 0.15) is 20.3 Å². The topological polar surface area (TPSA) is 69.6 Å². The fraction of sp³-hybridized carbons (Fsp3) is 0.733. The number of allylic oxidation sites excluding steroid dienone is 2. The third-order valence-electron chi connectivity index (χ3n) is 4.69. The number of rotatable bonds is 6. The Morgan fingerprint density at radius 3 is 2.45 bits per heavy atom. The fourth-order valence-corrected chi connectivity index (χ4v) is 3.25. The lowest BCUT2D eigenvalue weighted by Crippen LogP contribution is -2.43. The van der Waals surface area contributed by atoms with Crippen LogP contribution in [-0.2, 0) is 9.59 Å². The van der Waals surface area contributed by atoms with Gasteiger partial charge in [0.2, 0.25) is 5.91 Å². The first-order valence-corrected chi connectivity index (χ1v) is 7.31. The van der Waals surface area contributed by atoms with Gasteiger partial charge in [-0.2, -0.15) is 0 Å². The molecule has 0 aliphatic heterocycles. The Kier molecular flexibility index (Phi) is 4.48. The molecule has 2 aliphatic rings. The SMILES string of the molecule is CC(C)N(C)CCNC(=O)[C@H]1C2C=CC(C2)[C@H]1C(=O)O. The number of carboxylic acids is 1. The first-order chi connectivity index (χ1) is 9.41. The summed E-state index contributed by atoms with van der Waals surface area (Å²) in [7, 11) is 2.01. The number of nitrogens with zero attached hydrogens (tertiary/aromatic N) is 1. The second-order valence-corrected chi connectivity index (χ2v) is 6.20. The van der Waals surface area contributed by atoms with Crippen molar-refractivity contribution in [3.63, 3.8) is 0 Å². The van der Waals surface area contributed by atoms with E-state index in [0.717, 1.165) is 13.0 Å². The second-order valence-electron chi connectivity index (χ2n) is 6.20. The largest absolute Gasteiger partial charge is 0.481 e. The van der Waals surface area contributed by atoms with Crippen LogP contribution in [-0.4, -0.2) is 48.1 Å². The van der Waals surface area contributed by atoms with Crippen LogP contribution in [0.2, 0.25) is 0 Å². The number of fused-ring (bicyclic) bond motifs is 2. The van der Waals surface area contributed by atoms with Crippen molar-refractivity contribution in [1.82, 2.24) is 10.2 Å². The molecule has 112 valence electrons. The molecule has 0 heterocycles. The Hall–Kier alpha value is -1.36. The third kappa shape index (κ3) is 2.87. The smallest absolute Gasteiger partial charge is 0.307 e. The minimum atomic E-state index is -0.846. The van der Waals surface area contributed by atoms with Gasteiger partial charge in [-0.1, -0.05) is 12.2 Å². The number of likely N-dealkylation sites (N-methyl/N-ethyl adjacent to an activating group) is 1. The molecular weight excluding hydrogens is 256 g/mol. The van der Waals surface area contributed by atoms with Gasteiger partial charge in [0.05, 0.1) is 11.8 Å². The molecular formula is C15H24N2O3. The molecule has 2 unspecified atom stereocenters. The fourth-order valence-electron chi connectivity index (χ4n) is 3.25. The van der Waals surface area contributed by atoms with Gasteiger partial charge in [0, 0.05) is 19.1 Å². The van der Waals surface area contributed by atoms with E-state index in [1.54, 1.807) is 0 Å². The summed E-state index contributed by atoms with van der Waals surface area (Å²) in [5.74, 6) is -1.76. The summed E-state index contributed by atoms with van der Waals surface area (Å²) in [6.45, 7) is 5.54. The summed E-state index contributed by atoms with van der Waals surface area (Å²) >= 11 is 0. The van der Waals surface area contributed by atoms with E-state index in [1.165, 1.54) is 0 Å². The van der Waals surface area contributed by atoms with Crippen molar-refractivity contribution in [2.75, 3.05) is 20.1 Å². The predicted octanol–water partition coefficient (Wildman–Crippen LogP) is 0.966. The molecule has 0 radical (unpaired) electrons. The highest BCUT2D eigenvalue weighted by Gasteiger charge is 2.51. The standard InChI is InChI=1S/C15H24N2O3/c1-9(2)17(3)7-6-16-14(18)12-10-4-5-11(8-10)13(12)15(19)20/h4-5,9-13H,6-8H2,1-3H3,(H,16,18)(H,19,20)/t10?,11?,12-,13+/m0/s1. The van der Waals surface area contributed by atoms with Crippen LogP contribution in [0, 0.1) is 23.7 Å². The van der Waals surface area contributed by atoms with E-state index in [1.807, 2.05) is 19.2 Å². The Bertz CT molecular complexity index is 419. The number of carbonyl (C=O) groups excluding carboxylic acids is 1. The van der Waals surface area contributed by atoms with Crippen LogP contribution >= 0.6 is 0 Å². The number of carboxylic acid groups (broad SMARTS) is 1. The minimum Gasteiger partial charge on any atom is -0.481 e. The van der Waals surface area contributed by atoms with Gasteiger partial charge in [-0.05, 0) is 39.2 Å². The molecule has 1 saturated carbocycles. The molecule has 0 spiro atoms. The third-order valence-corrected chi connectivity index (χ3v) is 4.69. The molecule has 0 saturated heterocycles. The Morgan fingerprint density at radius 1 is 1.30 bits per heavy atom. The molecule has 4 atom stereocenters. The normalized spacial score (nSPS) is 31.2. The highest BCUT2D eigenvalue weighted by molar-refractivity contribution is 5.86. The molecule has 0 aromatic heterocycles. The average Bonchev–Trinajstić information content (AvgIpc) is 2.97. The van der Waals surface area contributed by atoms with E-state index < -0.39 is 17.8 Å². The predicted molar refractivity (Wildman–Crippen MR) is 76.1 cm³/mol. The monoisotopic (exact) mass is 280 g/mol. The van der Waals surface area contributed by atoms with Crippen molar-refractivity contribution in [2.45, 2.75) is 26.3 Å². The van der Waals surface area contributed by atoms with Gasteiger partial charge in [0.25, 0.3) is 0 Å². The summed E-state index contributed by atoms with van der Waals surface area (Å²) in [5, 5.41) is 12.2.